The lowest BCUT2D eigenvalue weighted by Crippen LogP contribution is -2.52. The van der Waals surface area contributed by atoms with E-state index >= 15 is 0 Å². The number of aromatic nitrogens is 5. The molecule has 0 radical (unpaired) electrons. The van der Waals surface area contributed by atoms with Crippen molar-refractivity contribution in [2.75, 3.05) is 6.54 Å². The lowest BCUT2D eigenvalue weighted by atomic mass is 10.0. The summed E-state index contributed by atoms with van der Waals surface area (Å²) < 4.78 is 48.8. The van der Waals surface area contributed by atoms with Gasteiger partial charge < -0.3 is 20.4 Å². The molecule has 0 unspecified atom stereocenters. The van der Waals surface area contributed by atoms with Gasteiger partial charge in [0.1, 0.15) is 0 Å². The number of hydrogen-bond acceptors (Lipinski definition) is 6. The van der Waals surface area contributed by atoms with Crippen LogP contribution in [0.5, 0.6) is 0 Å². The van der Waals surface area contributed by atoms with Crippen molar-refractivity contribution >= 4 is 12.0 Å². The maximum atomic E-state index is 13.6. The van der Waals surface area contributed by atoms with Gasteiger partial charge in [0, 0.05) is 32.3 Å². The summed E-state index contributed by atoms with van der Waals surface area (Å²) in [6.45, 7) is 3.27. The van der Waals surface area contributed by atoms with Crippen molar-refractivity contribution in [2.24, 2.45) is 7.05 Å². The molecule has 0 aliphatic rings. The normalized spacial score (nSPS) is 12.5. The van der Waals surface area contributed by atoms with Crippen molar-refractivity contribution in [3.8, 4) is 11.4 Å². The Bertz CT molecular complexity index is 1610. The molecule has 4 aromatic rings. The van der Waals surface area contributed by atoms with Crippen LogP contribution in [0.3, 0.4) is 0 Å². The highest BCUT2D eigenvalue weighted by atomic mass is 19.4. The number of aryl methyl sites for hydroxylation is 1. The highest BCUT2D eigenvalue weighted by Gasteiger charge is 2.37. The van der Waals surface area contributed by atoms with Gasteiger partial charge in [-0.15, -0.1) is 0 Å². The molecule has 3 aromatic heterocycles. The first-order valence-corrected chi connectivity index (χ1v) is 13.4. The molecule has 4 rings (SSSR count). The summed E-state index contributed by atoms with van der Waals surface area (Å²) in [5.74, 6) is -0.662. The zero-order chi connectivity index (χ0) is 31.2. The quantitative estimate of drug-likeness (QED) is 0.242. The van der Waals surface area contributed by atoms with Gasteiger partial charge in [0.05, 0.1) is 29.7 Å². The number of rotatable bonds is 11. The molecule has 0 aliphatic carbocycles. The van der Waals surface area contributed by atoms with E-state index in [2.05, 4.69) is 25.8 Å². The van der Waals surface area contributed by atoms with Gasteiger partial charge in [-0.2, -0.15) is 23.4 Å². The fraction of sp³-hybridized carbons (Fsp3) is 0.345. The highest BCUT2D eigenvalue weighted by Crippen LogP contribution is 2.31. The first kappa shape index (κ1) is 31.1. The molecule has 1 atom stereocenters. The summed E-state index contributed by atoms with van der Waals surface area (Å²) in [7, 11) is 1.70. The van der Waals surface area contributed by atoms with Crippen LogP contribution in [0.15, 0.2) is 71.8 Å². The second-order valence-corrected chi connectivity index (χ2v) is 10.7. The summed E-state index contributed by atoms with van der Waals surface area (Å²) in [5, 5.41) is 13.2. The molecule has 0 saturated heterocycles. The number of benzene rings is 1. The molecule has 0 spiro atoms. The van der Waals surface area contributed by atoms with Gasteiger partial charge in [0.25, 0.3) is 5.91 Å². The Hall–Kier alpha value is -4.88. The molecule has 3 N–H and O–H groups in total. The van der Waals surface area contributed by atoms with E-state index in [1.165, 1.54) is 24.4 Å². The Kier molecular flexibility index (Phi) is 9.37. The Morgan fingerprint density at radius 2 is 1.81 bits per heavy atom. The summed E-state index contributed by atoms with van der Waals surface area (Å²) >= 11 is 0. The molecule has 0 saturated carbocycles. The van der Waals surface area contributed by atoms with Crippen molar-refractivity contribution in [2.45, 2.75) is 51.1 Å². The highest BCUT2D eigenvalue weighted by molar-refractivity contribution is 5.84. The lowest BCUT2D eigenvalue weighted by Gasteiger charge is -2.29. The molecule has 43 heavy (non-hydrogen) atoms. The van der Waals surface area contributed by atoms with Crippen molar-refractivity contribution in [1.29, 1.82) is 0 Å². The van der Waals surface area contributed by atoms with Crippen LogP contribution in [0.2, 0.25) is 0 Å². The topological polar surface area (TPSA) is 136 Å². The van der Waals surface area contributed by atoms with Gasteiger partial charge in [-0.05, 0) is 43.5 Å². The van der Waals surface area contributed by atoms with E-state index in [0.29, 0.717) is 12.0 Å². The number of alkyl halides is 3. The zero-order valence-corrected chi connectivity index (χ0v) is 23.8. The van der Waals surface area contributed by atoms with Crippen LogP contribution in [0.1, 0.15) is 30.7 Å². The number of alkyl carbamates (subject to hydrolysis) is 1. The number of halogens is 3. The minimum absolute atomic E-state index is 0.00769. The fourth-order valence-corrected chi connectivity index (χ4v) is 4.42. The predicted molar refractivity (Wildman–Crippen MR) is 151 cm³/mol. The van der Waals surface area contributed by atoms with Crippen molar-refractivity contribution < 1.29 is 27.5 Å². The first-order valence-electron chi connectivity index (χ1n) is 13.4. The number of ether oxygens (including phenoxy) is 1. The molecular formula is C29H32F3N7O4. The SMILES string of the molecule is Cn1cc(C[C@@H](OC(=O)NCCc2ccccc2)C(=O)NC(C)(C)Cn2nc(C(F)(F)F)cc2-c2cccc(=O)[nH]2)cn1. The van der Waals surface area contributed by atoms with E-state index in [-0.39, 0.29) is 30.9 Å². The molecule has 228 valence electrons. The van der Waals surface area contributed by atoms with Crippen LogP contribution < -0.4 is 16.2 Å². The number of pyridine rings is 1. The third kappa shape index (κ3) is 8.80. The minimum atomic E-state index is -4.74. The van der Waals surface area contributed by atoms with Gasteiger partial charge in [-0.3, -0.25) is 19.0 Å². The number of H-pyrrole nitrogens is 1. The van der Waals surface area contributed by atoms with Crippen LogP contribution in [0.25, 0.3) is 11.4 Å². The number of nitrogens with zero attached hydrogens (tertiary/aromatic N) is 4. The Balaban J connectivity index is 1.50. The summed E-state index contributed by atoms with van der Waals surface area (Å²) in [6, 6.07) is 14.4. The monoisotopic (exact) mass is 599 g/mol. The standard InChI is InChI=1S/C29H32F3N7O4/c1-28(2,18-39-22(15-24(37-39)29(30,31)32)21-10-7-11-25(40)35-21)36-26(41)23(14-20-16-34-38(3)17-20)43-27(42)33-13-12-19-8-5-4-6-9-19/h4-11,15-17,23H,12-14,18H2,1-3H3,(H,33,42)(H,35,40)(H,36,41)/t23-/m1/s1. The number of hydrogen-bond donors (Lipinski definition) is 3. The van der Waals surface area contributed by atoms with Crippen molar-refractivity contribution in [3.63, 3.8) is 0 Å². The molecule has 1 aromatic carbocycles. The molecule has 14 heteroatoms. The van der Waals surface area contributed by atoms with E-state index in [1.807, 2.05) is 30.3 Å². The minimum Gasteiger partial charge on any atom is -0.436 e. The lowest BCUT2D eigenvalue weighted by molar-refractivity contribution is -0.141. The average Bonchev–Trinajstić information content (AvgIpc) is 3.54. The molecule has 0 fully saturated rings. The molecule has 11 nitrogen and oxygen atoms in total. The van der Waals surface area contributed by atoms with E-state index in [4.69, 9.17) is 4.74 Å². The largest absolute Gasteiger partial charge is 0.436 e. The molecule has 2 amide bonds. The van der Waals surface area contributed by atoms with Crippen LogP contribution in [-0.4, -0.2) is 54.7 Å². The second-order valence-electron chi connectivity index (χ2n) is 10.7. The number of carbonyl (C=O) groups is 2. The Labute approximate surface area is 245 Å². The second kappa shape index (κ2) is 13.0. The predicted octanol–water partition coefficient (Wildman–Crippen LogP) is 3.47. The Morgan fingerprint density at radius 1 is 1.07 bits per heavy atom. The van der Waals surface area contributed by atoms with E-state index in [1.54, 1.807) is 31.8 Å². The molecule has 0 aliphatic heterocycles. The van der Waals surface area contributed by atoms with Crippen LogP contribution in [0.4, 0.5) is 18.0 Å². The number of aromatic amines is 1. The number of nitrogens with one attached hydrogen (secondary N) is 3. The van der Waals surface area contributed by atoms with Crippen molar-refractivity contribution in [3.05, 3.63) is 94.2 Å². The summed E-state index contributed by atoms with van der Waals surface area (Å²) in [6.07, 6.45) is -3.02. The third-order valence-electron chi connectivity index (χ3n) is 6.37. The maximum absolute atomic E-state index is 13.6. The molecule has 0 bridgehead atoms. The fourth-order valence-electron chi connectivity index (χ4n) is 4.42. The number of carbonyl (C=O) groups excluding carboxylic acids is 2. The van der Waals surface area contributed by atoms with Crippen LogP contribution in [0, 0.1) is 0 Å². The first-order chi connectivity index (χ1) is 20.3. The van der Waals surface area contributed by atoms with Gasteiger partial charge in [-0.25, -0.2) is 4.79 Å². The number of amides is 2. The van der Waals surface area contributed by atoms with E-state index in [9.17, 15) is 27.6 Å². The Morgan fingerprint density at radius 3 is 2.47 bits per heavy atom. The van der Waals surface area contributed by atoms with E-state index in [0.717, 1.165) is 16.3 Å². The molecule has 3 heterocycles. The van der Waals surface area contributed by atoms with Gasteiger partial charge >= 0.3 is 12.3 Å². The van der Waals surface area contributed by atoms with Gasteiger partial charge in [0.15, 0.2) is 11.8 Å². The van der Waals surface area contributed by atoms with E-state index < -0.39 is 41.1 Å². The smallest absolute Gasteiger partial charge is 0.435 e. The summed E-state index contributed by atoms with van der Waals surface area (Å²) in [5.41, 5.74) is -1.04. The third-order valence-corrected chi connectivity index (χ3v) is 6.37. The van der Waals surface area contributed by atoms with Crippen molar-refractivity contribution in [1.82, 2.24) is 35.2 Å². The van der Waals surface area contributed by atoms with Gasteiger partial charge in [0.2, 0.25) is 5.56 Å². The van der Waals surface area contributed by atoms with Gasteiger partial charge in [-0.1, -0.05) is 36.4 Å². The maximum Gasteiger partial charge on any atom is 0.435 e. The zero-order valence-electron chi connectivity index (χ0n) is 23.8. The summed E-state index contributed by atoms with van der Waals surface area (Å²) in [4.78, 5) is 40.4. The molecular weight excluding hydrogens is 567 g/mol. The van der Waals surface area contributed by atoms with Crippen LogP contribution in [-0.2, 0) is 42.1 Å². The van der Waals surface area contributed by atoms with Crippen LogP contribution >= 0.6 is 0 Å². The average molecular weight is 600 g/mol.